The number of rotatable bonds is 10. The van der Waals surface area contributed by atoms with Crippen molar-refractivity contribution < 1.29 is 9.53 Å². The second-order valence-electron chi connectivity index (χ2n) is 8.92. The summed E-state index contributed by atoms with van der Waals surface area (Å²) in [6.07, 6.45) is 3.01. The van der Waals surface area contributed by atoms with E-state index in [4.69, 9.17) is 4.74 Å². The van der Waals surface area contributed by atoms with Crippen LogP contribution in [0.25, 0.3) is 0 Å². The van der Waals surface area contributed by atoms with Crippen molar-refractivity contribution in [3.63, 3.8) is 0 Å². The van der Waals surface area contributed by atoms with Crippen LogP contribution in [0.1, 0.15) is 30.2 Å². The van der Waals surface area contributed by atoms with E-state index in [1.807, 2.05) is 32.0 Å². The Kier molecular flexibility index (Phi) is 8.54. The Morgan fingerprint density at radius 1 is 1.21 bits per heavy atom. The van der Waals surface area contributed by atoms with Gasteiger partial charge < -0.3 is 30.9 Å². The Bertz CT molecular complexity index is 1350. The molecule has 1 saturated heterocycles. The highest BCUT2D eigenvalue weighted by Crippen LogP contribution is 2.32. The van der Waals surface area contributed by atoms with E-state index in [1.165, 1.54) is 16.9 Å². The first-order valence-electron chi connectivity index (χ1n) is 12.4. The van der Waals surface area contributed by atoms with Crippen LogP contribution in [0.5, 0.6) is 5.75 Å². The molecule has 0 radical (unpaired) electrons. The molecule has 3 heterocycles. The molecule has 1 amide bonds. The van der Waals surface area contributed by atoms with Crippen LogP contribution in [0.4, 0.5) is 29.0 Å². The summed E-state index contributed by atoms with van der Waals surface area (Å²) < 4.78 is 7.01. The Balaban J connectivity index is 1.63. The summed E-state index contributed by atoms with van der Waals surface area (Å²) in [5.41, 5.74) is 1.73. The molecule has 1 aromatic carbocycles. The predicted octanol–water partition coefficient (Wildman–Crippen LogP) is 2.44. The van der Waals surface area contributed by atoms with E-state index in [2.05, 4.69) is 47.8 Å². The number of ether oxygens (including phenoxy) is 1. The van der Waals surface area contributed by atoms with Gasteiger partial charge in [-0.15, -0.1) is 6.58 Å². The van der Waals surface area contributed by atoms with Crippen LogP contribution in [0.2, 0.25) is 0 Å². The quantitative estimate of drug-likeness (QED) is 0.295. The minimum atomic E-state index is -0.377. The molecule has 4 rings (SSSR count). The maximum absolute atomic E-state index is 12.8. The Morgan fingerprint density at radius 3 is 2.71 bits per heavy atom. The van der Waals surface area contributed by atoms with Crippen molar-refractivity contribution in [1.82, 2.24) is 30.4 Å². The Labute approximate surface area is 221 Å². The molecule has 0 aliphatic carbocycles. The summed E-state index contributed by atoms with van der Waals surface area (Å²) in [6.45, 7) is 11.3. The molecular formula is C26H33N9O3. The summed E-state index contributed by atoms with van der Waals surface area (Å²) in [6, 6.07) is 8.64. The molecule has 1 fully saturated rings. The van der Waals surface area contributed by atoms with Crippen LogP contribution in [-0.4, -0.2) is 65.5 Å². The van der Waals surface area contributed by atoms with Crippen LogP contribution in [0.15, 0.2) is 54.0 Å². The van der Waals surface area contributed by atoms with Gasteiger partial charge in [-0.25, -0.2) is 9.67 Å². The molecule has 1 aliphatic rings. The Morgan fingerprint density at radius 2 is 2.00 bits per heavy atom. The molecule has 4 N–H and O–H groups in total. The number of aromatic nitrogens is 4. The van der Waals surface area contributed by atoms with Crippen LogP contribution in [-0.2, 0) is 0 Å². The van der Waals surface area contributed by atoms with Crippen molar-refractivity contribution in [1.29, 1.82) is 0 Å². The van der Waals surface area contributed by atoms with E-state index in [1.54, 1.807) is 19.3 Å². The molecule has 12 heteroatoms. The van der Waals surface area contributed by atoms with Crippen molar-refractivity contribution in [2.24, 2.45) is 0 Å². The van der Waals surface area contributed by atoms with E-state index in [-0.39, 0.29) is 41.4 Å². The first-order chi connectivity index (χ1) is 18.4. The smallest absolute Gasteiger partial charge is 0.267 e. The highest BCUT2D eigenvalue weighted by Gasteiger charge is 2.18. The number of hydrogen-bond acceptors (Lipinski definition) is 10. The highest BCUT2D eigenvalue weighted by atomic mass is 16.5. The maximum Gasteiger partial charge on any atom is 0.267 e. The third-order valence-corrected chi connectivity index (χ3v) is 5.89. The molecule has 0 atom stereocenters. The summed E-state index contributed by atoms with van der Waals surface area (Å²) in [4.78, 5) is 36.1. The molecule has 0 bridgehead atoms. The average Bonchev–Trinajstić information content (AvgIpc) is 2.93. The van der Waals surface area contributed by atoms with Crippen LogP contribution >= 0.6 is 0 Å². The number of amides is 1. The summed E-state index contributed by atoms with van der Waals surface area (Å²) in [5.74, 6) is 1.22. The zero-order chi connectivity index (χ0) is 27.1. The largest absolute Gasteiger partial charge is 0.495 e. The van der Waals surface area contributed by atoms with E-state index in [0.29, 0.717) is 5.82 Å². The molecule has 3 aromatic rings. The second-order valence-corrected chi connectivity index (χ2v) is 8.92. The van der Waals surface area contributed by atoms with E-state index in [9.17, 15) is 9.59 Å². The second kappa shape index (κ2) is 12.2. The lowest BCUT2D eigenvalue weighted by Gasteiger charge is -2.30. The molecule has 0 saturated carbocycles. The number of nitrogens with zero attached hydrogens (tertiary/aromatic N) is 5. The zero-order valence-corrected chi connectivity index (χ0v) is 21.8. The number of carbonyl (C=O) groups excluding carboxylic acids is 1. The van der Waals surface area contributed by atoms with E-state index >= 15 is 0 Å². The van der Waals surface area contributed by atoms with Gasteiger partial charge in [0, 0.05) is 56.7 Å². The van der Waals surface area contributed by atoms with Gasteiger partial charge in [0.15, 0.2) is 5.82 Å². The predicted molar refractivity (Wildman–Crippen MR) is 148 cm³/mol. The van der Waals surface area contributed by atoms with Crippen molar-refractivity contribution >= 4 is 34.9 Å². The number of hydrogen-bond donors (Lipinski definition) is 4. The molecule has 2 aromatic heterocycles. The molecule has 12 nitrogen and oxygen atoms in total. The first-order valence-corrected chi connectivity index (χ1v) is 12.4. The SMILES string of the molecule is C=CCNC(=O)c1cnc(Nc2ccc(N3CCNCC3)c(OC)c2)nc1Nc1ccc(=O)n(C(C)C)n1. The van der Waals surface area contributed by atoms with Crippen molar-refractivity contribution in [2.45, 2.75) is 19.9 Å². The maximum atomic E-state index is 12.8. The topological polar surface area (TPSA) is 138 Å². The van der Waals surface area contributed by atoms with Crippen molar-refractivity contribution in [3.8, 4) is 5.75 Å². The lowest BCUT2D eigenvalue weighted by Crippen LogP contribution is -2.43. The van der Waals surface area contributed by atoms with Crippen LogP contribution < -0.4 is 36.5 Å². The molecule has 0 unspecified atom stereocenters. The van der Waals surface area contributed by atoms with E-state index < -0.39 is 0 Å². The minimum Gasteiger partial charge on any atom is -0.495 e. The van der Waals surface area contributed by atoms with Crippen LogP contribution in [0, 0.1) is 0 Å². The molecule has 0 spiro atoms. The van der Waals surface area contributed by atoms with Gasteiger partial charge in [0.25, 0.3) is 11.5 Å². The number of anilines is 5. The third-order valence-electron chi connectivity index (χ3n) is 5.89. The Hall–Kier alpha value is -4.45. The highest BCUT2D eigenvalue weighted by molar-refractivity contribution is 5.99. The summed E-state index contributed by atoms with van der Waals surface area (Å²) in [7, 11) is 1.64. The van der Waals surface area contributed by atoms with Crippen LogP contribution in [0.3, 0.4) is 0 Å². The normalized spacial score (nSPS) is 13.2. The fourth-order valence-electron chi connectivity index (χ4n) is 4.00. The minimum absolute atomic E-state index is 0.138. The van der Waals surface area contributed by atoms with Crippen molar-refractivity contribution in [3.05, 3.63) is 65.1 Å². The fourth-order valence-corrected chi connectivity index (χ4v) is 4.00. The van der Waals surface area contributed by atoms with Gasteiger partial charge >= 0.3 is 0 Å². The zero-order valence-electron chi connectivity index (χ0n) is 21.8. The number of piperazine rings is 1. The number of nitrogens with one attached hydrogen (secondary N) is 4. The summed E-state index contributed by atoms with van der Waals surface area (Å²) >= 11 is 0. The van der Waals surface area contributed by atoms with Gasteiger partial charge in [-0.3, -0.25) is 9.59 Å². The van der Waals surface area contributed by atoms with Gasteiger partial charge in [-0.1, -0.05) is 6.08 Å². The van der Waals surface area contributed by atoms with Gasteiger partial charge in [0.2, 0.25) is 5.95 Å². The lowest BCUT2D eigenvalue weighted by atomic mass is 10.2. The van der Waals surface area contributed by atoms with Gasteiger partial charge in [0.1, 0.15) is 17.1 Å². The van der Waals surface area contributed by atoms with Gasteiger partial charge in [0.05, 0.1) is 18.8 Å². The summed E-state index contributed by atoms with van der Waals surface area (Å²) in [5, 5.41) is 16.7. The van der Waals surface area contributed by atoms with E-state index in [0.717, 1.165) is 43.3 Å². The first kappa shape index (κ1) is 26.6. The molecule has 200 valence electrons. The van der Waals surface area contributed by atoms with Gasteiger partial charge in [-0.2, -0.15) is 10.1 Å². The van der Waals surface area contributed by atoms with Gasteiger partial charge in [-0.05, 0) is 32.0 Å². The number of carbonyl (C=O) groups is 1. The fraction of sp³-hybridized carbons (Fsp3) is 0.346. The monoisotopic (exact) mass is 519 g/mol. The third kappa shape index (κ3) is 6.27. The standard InChI is InChI=1S/C26H33N9O3/c1-5-10-28-25(37)19-16-29-26(32-24(19)31-22-8-9-23(36)35(33-22)17(2)3)30-18-6-7-20(21(15-18)38-4)34-13-11-27-12-14-34/h5-9,15-17,27H,1,10-14H2,2-4H3,(H,28,37)(H2,29,30,31,32,33). The molecule has 38 heavy (non-hydrogen) atoms. The lowest BCUT2D eigenvalue weighted by molar-refractivity contribution is 0.0958. The molecular weight excluding hydrogens is 486 g/mol. The average molecular weight is 520 g/mol. The number of benzene rings is 1. The molecule has 1 aliphatic heterocycles. The number of methoxy groups -OCH3 is 1. The van der Waals surface area contributed by atoms with Crippen molar-refractivity contribution in [2.75, 3.05) is 55.4 Å².